The maximum atomic E-state index is 13.3. The van der Waals surface area contributed by atoms with Crippen LogP contribution in [0.2, 0.25) is 0 Å². The number of rotatable bonds is 12. The van der Waals surface area contributed by atoms with Gasteiger partial charge >= 0.3 is 11.9 Å². The van der Waals surface area contributed by atoms with Gasteiger partial charge in [0.1, 0.15) is 6.10 Å². The summed E-state index contributed by atoms with van der Waals surface area (Å²) in [5.74, 6) is -2.29. The highest BCUT2D eigenvalue weighted by molar-refractivity contribution is 5.99. The number of nitro benzene ring substituents is 1. The van der Waals surface area contributed by atoms with Crippen LogP contribution in [0.15, 0.2) is 71.1 Å². The summed E-state index contributed by atoms with van der Waals surface area (Å²) in [6.45, 7) is 2.87. The van der Waals surface area contributed by atoms with Crippen LogP contribution in [-0.2, 0) is 25.5 Å². The van der Waals surface area contributed by atoms with Crippen LogP contribution in [0.4, 0.5) is 11.4 Å². The molecule has 0 bridgehead atoms. The molecule has 0 spiro atoms. The number of hydrogen-bond acceptors (Lipinski definition) is 11. The Morgan fingerprint density at radius 2 is 1.70 bits per heavy atom. The van der Waals surface area contributed by atoms with Crippen molar-refractivity contribution in [2.24, 2.45) is 0 Å². The predicted molar refractivity (Wildman–Crippen MR) is 145 cm³/mol. The standard InChI is InChI=1S/C28H33N3O9/c1-16-24(27(35)39-3)26(19-5-4-6-21(13-19)31(37)38)25(17(2)30-16)28(36)40-12-11-18-7-9-20(10-8-18)29-14-22(33)23(34)15-32/h4-10,13,22-23,26,29-30,32-34H,11-12,14-15H2,1-3H3. The van der Waals surface area contributed by atoms with Crippen LogP contribution in [0, 0.1) is 10.1 Å². The summed E-state index contributed by atoms with van der Waals surface area (Å²) in [6.07, 6.45) is -1.97. The first-order chi connectivity index (χ1) is 19.1. The summed E-state index contributed by atoms with van der Waals surface area (Å²) in [5.41, 5.74) is 2.97. The summed E-state index contributed by atoms with van der Waals surface area (Å²) in [6, 6.07) is 12.9. The molecule has 1 heterocycles. The highest BCUT2D eigenvalue weighted by atomic mass is 16.6. The molecule has 0 fully saturated rings. The first-order valence-electron chi connectivity index (χ1n) is 12.6. The SMILES string of the molecule is COC(=O)C1=C(C)NC(C)=C(C(=O)OCCc2ccc(NCC(O)C(O)CO)cc2)C1c1cccc([N+](=O)[O-])c1. The number of benzene rings is 2. The number of carbonyl (C=O) groups is 2. The molecule has 2 aromatic carbocycles. The molecule has 3 rings (SSSR count). The number of anilines is 1. The normalized spacial score (nSPS) is 16.6. The Kier molecular flexibility index (Phi) is 10.4. The average molecular weight is 556 g/mol. The van der Waals surface area contributed by atoms with E-state index in [0.29, 0.717) is 29.1 Å². The molecule has 5 N–H and O–H groups in total. The molecule has 2 aromatic rings. The van der Waals surface area contributed by atoms with Gasteiger partial charge in [-0.1, -0.05) is 24.3 Å². The molecular formula is C28H33N3O9. The van der Waals surface area contributed by atoms with Gasteiger partial charge in [0.05, 0.1) is 48.4 Å². The number of aliphatic hydroxyl groups is 3. The number of allylic oxidation sites excluding steroid dienone is 2. The molecule has 0 saturated heterocycles. The van der Waals surface area contributed by atoms with Crippen molar-refractivity contribution in [3.8, 4) is 0 Å². The van der Waals surface area contributed by atoms with E-state index in [2.05, 4.69) is 10.6 Å². The summed E-state index contributed by atoms with van der Waals surface area (Å²) in [4.78, 5) is 36.9. The van der Waals surface area contributed by atoms with E-state index in [1.807, 2.05) is 12.1 Å². The molecule has 40 heavy (non-hydrogen) atoms. The molecule has 3 atom stereocenters. The van der Waals surface area contributed by atoms with E-state index in [1.54, 1.807) is 32.0 Å². The summed E-state index contributed by atoms with van der Waals surface area (Å²) < 4.78 is 10.5. The quantitative estimate of drug-likeness (QED) is 0.147. The number of hydrogen-bond donors (Lipinski definition) is 5. The number of aliphatic hydroxyl groups excluding tert-OH is 3. The van der Waals surface area contributed by atoms with E-state index < -0.39 is 41.6 Å². The van der Waals surface area contributed by atoms with E-state index in [9.17, 15) is 29.9 Å². The lowest BCUT2D eigenvalue weighted by molar-refractivity contribution is -0.384. The number of nitrogens with one attached hydrogen (secondary N) is 2. The second-order valence-electron chi connectivity index (χ2n) is 9.26. The molecule has 12 nitrogen and oxygen atoms in total. The molecule has 0 saturated carbocycles. The van der Waals surface area contributed by atoms with Gasteiger partial charge in [0.2, 0.25) is 0 Å². The van der Waals surface area contributed by atoms with Gasteiger partial charge in [0.15, 0.2) is 0 Å². The van der Waals surface area contributed by atoms with Crippen molar-refractivity contribution in [1.82, 2.24) is 5.32 Å². The van der Waals surface area contributed by atoms with Gasteiger partial charge in [-0.15, -0.1) is 0 Å². The molecule has 1 aliphatic rings. The van der Waals surface area contributed by atoms with Crippen molar-refractivity contribution >= 4 is 23.3 Å². The van der Waals surface area contributed by atoms with Crippen LogP contribution in [0.5, 0.6) is 0 Å². The third-order valence-corrected chi connectivity index (χ3v) is 6.52. The fourth-order valence-corrected chi connectivity index (χ4v) is 4.41. The Balaban J connectivity index is 1.74. The number of esters is 2. The van der Waals surface area contributed by atoms with Crippen LogP contribution in [0.1, 0.15) is 30.9 Å². The van der Waals surface area contributed by atoms with E-state index in [-0.39, 0.29) is 30.0 Å². The van der Waals surface area contributed by atoms with Crippen LogP contribution < -0.4 is 10.6 Å². The number of ether oxygens (including phenoxy) is 2. The minimum atomic E-state index is -1.24. The number of carbonyl (C=O) groups excluding carboxylic acids is 2. The van der Waals surface area contributed by atoms with E-state index >= 15 is 0 Å². The van der Waals surface area contributed by atoms with Gasteiger partial charge in [0, 0.05) is 42.2 Å². The number of non-ortho nitro benzene ring substituents is 1. The maximum Gasteiger partial charge on any atom is 0.336 e. The molecule has 0 radical (unpaired) electrons. The minimum absolute atomic E-state index is 0.0295. The molecule has 214 valence electrons. The Morgan fingerprint density at radius 3 is 2.30 bits per heavy atom. The maximum absolute atomic E-state index is 13.3. The van der Waals surface area contributed by atoms with Gasteiger partial charge in [-0.25, -0.2) is 9.59 Å². The van der Waals surface area contributed by atoms with Gasteiger partial charge in [-0.3, -0.25) is 10.1 Å². The van der Waals surface area contributed by atoms with Gasteiger partial charge in [-0.2, -0.15) is 0 Å². The molecule has 3 unspecified atom stereocenters. The summed E-state index contributed by atoms with van der Waals surface area (Å²) >= 11 is 0. The third kappa shape index (κ3) is 7.23. The number of nitrogens with zero attached hydrogens (tertiary/aromatic N) is 1. The predicted octanol–water partition coefficient (Wildman–Crippen LogP) is 1.91. The monoisotopic (exact) mass is 555 g/mol. The zero-order valence-electron chi connectivity index (χ0n) is 22.4. The van der Waals surface area contributed by atoms with Crippen LogP contribution in [0.25, 0.3) is 0 Å². The summed E-state index contributed by atoms with van der Waals surface area (Å²) in [5, 5.41) is 45.5. The van der Waals surface area contributed by atoms with Crippen molar-refractivity contribution in [2.45, 2.75) is 38.4 Å². The highest BCUT2D eigenvalue weighted by Gasteiger charge is 2.38. The molecule has 0 aliphatic carbocycles. The first kappa shape index (κ1) is 30.3. The van der Waals surface area contributed by atoms with Gasteiger partial charge in [0.25, 0.3) is 5.69 Å². The Hall–Kier alpha value is -4.26. The Labute approximate surface area is 231 Å². The lowest BCUT2D eigenvalue weighted by atomic mass is 9.80. The Morgan fingerprint density at radius 1 is 1.05 bits per heavy atom. The zero-order chi connectivity index (χ0) is 29.4. The Bertz CT molecular complexity index is 1300. The second kappa shape index (κ2) is 13.7. The average Bonchev–Trinajstić information content (AvgIpc) is 2.95. The van der Waals surface area contributed by atoms with Gasteiger partial charge < -0.3 is 35.4 Å². The van der Waals surface area contributed by atoms with Crippen molar-refractivity contribution < 1.29 is 39.3 Å². The third-order valence-electron chi connectivity index (χ3n) is 6.52. The zero-order valence-corrected chi connectivity index (χ0v) is 22.4. The molecule has 0 aromatic heterocycles. The van der Waals surface area contributed by atoms with Crippen molar-refractivity contribution in [1.29, 1.82) is 0 Å². The number of nitro groups is 1. The van der Waals surface area contributed by atoms with Crippen LogP contribution in [-0.4, -0.2) is 71.3 Å². The fraction of sp³-hybridized carbons (Fsp3) is 0.357. The largest absolute Gasteiger partial charge is 0.466 e. The number of dihydropyridines is 1. The summed E-state index contributed by atoms with van der Waals surface area (Å²) in [7, 11) is 1.22. The second-order valence-corrected chi connectivity index (χ2v) is 9.26. The molecule has 1 aliphatic heterocycles. The van der Waals surface area contributed by atoms with E-state index in [4.69, 9.17) is 14.6 Å². The molecule has 0 amide bonds. The first-order valence-corrected chi connectivity index (χ1v) is 12.6. The van der Waals surface area contributed by atoms with Crippen molar-refractivity contribution in [2.75, 3.05) is 32.2 Å². The van der Waals surface area contributed by atoms with Crippen LogP contribution in [0.3, 0.4) is 0 Å². The topological polar surface area (TPSA) is 180 Å². The van der Waals surface area contributed by atoms with E-state index in [0.717, 1.165) is 5.56 Å². The smallest absolute Gasteiger partial charge is 0.336 e. The fourth-order valence-electron chi connectivity index (χ4n) is 4.41. The van der Waals surface area contributed by atoms with Gasteiger partial charge in [-0.05, 0) is 37.1 Å². The lowest BCUT2D eigenvalue weighted by Crippen LogP contribution is -2.35. The minimum Gasteiger partial charge on any atom is -0.466 e. The highest BCUT2D eigenvalue weighted by Crippen LogP contribution is 2.40. The van der Waals surface area contributed by atoms with E-state index in [1.165, 1.54) is 25.3 Å². The van der Waals surface area contributed by atoms with Crippen LogP contribution >= 0.6 is 0 Å². The van der Waals surface area contributed by atoms with Crippen molar-refractivity contribution in [3.63, 3.8) is 0 Å². The molecular weight excluding hydrogens is 522 g/mol. The molecule has 12 heteroatoms. The van der Waals surface area contributed by atoms with Crippen molar-refractivity contribution in [3.05, 3.63) is 92.3 Å². The lowest BCUT2D eigenvalue weighted by Gasteiger charge is -2.30. The number of methoxy groups -OCH3 is 1.